The van der Waals surface area contributed by atoms with Crippen molar-refractivity contribution in [2.75, 3.05) is 11.4 Å². The molecule has 0 amide bonds. The van der Waals surface area contributed by atoms with Gasteiger partial charge in [0, 0.05) is 62.2 Å². The summed E-state index contributed by atoms with van der Waals surface area (Å²) in [5.41, 5.74) is 14.9. The Kier molecular flexibility index (Phi) is 7.80. The van der Waals surface area contributed by atoms with Gasteiger partial charge in [0.2, 0.25) is 0 Å². The molecule has 10 rings (SSSR count). The Labute approximate surface area is 316 Å². The zero-order valence-corrected chi connectivity index (χ0v) is 30.7. The van der Waals surface area contributed by atoms with Gasteiger partial charge in [-0.05, 0) is 121 Å². The van der Waals surface area contributed by atoms with Crippen molar-refractivity contribution in [1.29, 1.82) is 0 Å². The lowest BCUT2D eigenvalue weighted by Gasteiger charge is -2.25. The van der Waals surface area contributed by atoms with Crippen molar-refractivity contribution >= 4 is 60.6 Å². The number of para-hydroxylation sites is 4. The number of aromatic nitrogens is 2. The van der Waals surface area contributed by atoms with Crippen LogP contribution in [0.15, 0.2) is 182 Å². The normalized spacial score (nSPS) is 14.9. The fraction of sp³-hybridized carbons (Fsp3) is 0.0980. The summed E-state index contributed by atoms with van der Waals surface area (Å²) in [7, 11) is 0. The number of rotatable bonds is 5. The van der Waals surface area contributed by atoms with Crippen LogP contribution in [0.2, 0.25) is 0 Å². The van der Waals surface area contributed by atoms with Gasteiger partial charge in [0.25, 0.3) is 0 Å². The molecule has 0 fully saturated rings. The van der Waals surface area contributed by atoms with Crippen molar-refractivity contribution in [2.24, 2.45) is 0 Å². The third kappa shape index (κ3) is 5.35. The second-order valence-electron chi connectivity index (χ2n) is 14.7. The molecule has 0 aliphatic carbocycles. The molecule has 0 N–H and O–H groups in total. The summed E-state index contributed by atoms with van der Waals surface area (Å²) in [5, 5.41) is 5.12. The summed E-state index contributed by atoms with van der Waals surface area (Å²) in [6.07, 6.45) is 7.89. The number of fused-ring (bicyclic) bond motifs is 7. The van der Waals surface area contributed by atoms with E-state index >= 15 is 0 Å². The largest absolute Gasteiger partial charge is 0.338 e. The Morgan fingerprint density at radius 1 is 0.481 bits per heavy atom. The van der Waals surface area contributed by atoms with E-state index in [4.69, 9.17) is 0 Å². The predicted octanol–water partition coefficient (Wildman–Crippen LogP) is 13.5. The number of benzene rings is 7. The van der Waals surface area contributed by atoms with E-state index in [0.717, 1.165) is 13.0 Å². The molecule has 3 nitrogen and oxygen atoms in total. The van der Waals surface area contributed by atoms with Crippen LogP contribution in [0.1, 0.15) is 31.0 Å². The molecule has 0 saturated heterocycles. The Balaban J connectivity index is 1.09. The van der Waals surface area contributed by atoms with Crippen LogP contribution in [0.5, 0.6) is 0 Å². The number of anilines is 2. The number of hydrogen-bond acceptors (Lipinski definition) is 1. The van der Waals surface area contributed by atoms with Crippen molar-refractivity contribution in [3.63, 3.8) is 0 Å². The van der Waals surface area contributed by atoms with E-state index in [2.05, 4.69) is 210 Å². The lowest BCUT2D eigenvalue weighted by molar-refractivity contribution is 0.642. The van der Waals surface area contributed by atoms with Crippen LogP contribution >= 0.6 is 0 Å². The third-order valence-electron chi connectivity index (χ3n) is 11.1. The SMILES string of the molecule is CC(C)n1c2ccc(C3=C/Cc4ccccc4N(c4ccccc4)C/C=C\3)cc2c2cc(-c3ccc4c(c3)c3ccccc3n4-c3ccccc3)ccc21. The van der Waals surface area contributed by atoms with Gasteiger partial charge in [-0.2, -0.15) is 0 Å². The average Bonchev–Trinajstić information content (AvgIpc) is 3.76. The minimum absolute atomic E-state index is 0.326. The topological polar surface area (TPSA) is 13.1 Å². The highest BCUT2D eigenvalue weighted by molar-refractivity contribution is 6.12. The van der Waals surface area contributed by atoms with Crippen LogP contribution in [-0.2, 0) is 6.42 Å². The molecule has 9 aromatic rings. The first-order chi connectivity index (χ1) is 26.6. The molecular formula is C51H41N3. The minimum Gasteiger partial charge on any atom is -0.338 e. The highest BCUT2D eigenvalue weighted by Gasteiger charge is 2.18. The Hall–Kier alpha value is -6.58. The molecule has 260 valence electrons. The molecule has 7 aromatic carbocycles. The molecule has 2 aromatic heterocycles. The molecule has 0 radical (unpaired) electrons. The van der Waals surface area contributed by atoms with Crippen LogP contribution in [0.4, 0.5) is 11.4 Å². The number of allylic oxidation sites excluding steroid dienone is 3. The van der Waals surface area contributed by atoms with Gasteiger partial charge >= 0.3 is 0 Å². The van der Waals surface area contributed by atoms with Gasteiger partial charge in [0.1, 0.15) is 0 Å². The van der Waals surface area contributed by atoms with Gasteiger partial charge in [-0.1, -0.05) is 109 Å². The summed E-state index contributed by atoms with van der Waals surface area (Å²) in [6.45, 7) is 5.37. The maximum atomic E-state index is 2.50. The van der Waals surface area contributed by atoms with Crippen LogP contribution in [0, 0.1) is 0 Å². The van der Waals surface area contributed by atoms with Crippen molar-refractivity contribution < 1.29 is 0 Å². The zero-order valence-electron chi connectivity index (χ0n) is 30.7. The van der Waals surface area contributed by atoms with Crippen molar-refractivity contribution in [1.82, 2.24) is 9.13 Å². The minimum atomic E-state index is 0.326. The van der Waals surface area contributed by atoms with Crippen molar-refractivity contribution in [3.8, 4) is 16.8 Å². The van der Waals surface area contributed by atoms with Crippen LogP contribution in [0.25, 0.3) is 66.0 Å². The molecule has 0 unspecified atom stereocenters. The monoisotopic (exact) mass is 695 g/mol. The molecule has 3 heterocycles. The molecule has 1 aliphatic rings. The van der Waals surface area contributed by atoms with Gasteiger partial charge in [-0.25, -0.2) is 0 Å². The van der Waals surface area contributed by atoms with Gasteiger partial charge < -0.3 is 14.0 Å². The van der Waals surface area contributed by atoms with E-state index in [1.165, 1.54) is 88.5 Å². The lowest BCUT2D eigenvalue weighted by atomic mass is 9.98. The summed E-state index contributed by atoms with van der Waals surface area (Å²) in [5.74, 6) is 0. The van der Waals surface area contributed by atoms with E-state index in [-0.39, 0.29) is 0 Å². The standard InChI is InChI=1S/C51H41N3/c1-35(2)53-49-28-25-38(36-15-13-31-52(41-16-5-3-6-17-41)47-21-11-9-14-37(47)24-23-36)32-45(49)46-34-40(26-29-50(46)53)39-27-30-51-44(33-39)43-20-10-12-22-48(43)54(51)42-18-7-4-8-19-42/h3-23,25-30,32-35H,24,31H2,1-2H3/b15-13-,36-23+. The van der Waals surface area contributed by atoms with Crippen molar-refractivity contribution in [2.45, 2.75) is 26.3 Å². The van der Waals surface area contributed by atoms with Crippen LogP contribution in [0.3, 0.4) is 0 Å². The Morgan fingerprint density at radius 3 is 1.76 bits per heavy atom. The van der Waals surface area contributed by atoms with E-state index in [0.29, 0.717) is 6.04 Å². The van der Waals surface area contributed by atoms with E-state index < -0.39 is 0 Å². The van der Waals surface area contributed by atoms with Crippen molar-refractivity contribution in [3.05, 3.63) is 193 Å². The van der Waals surface area contributed by atoms with Gasteiger partial charge in [0.05, 0.1) is 11.0 Å². The molecule has 1 aliphatic heterocycles. The van der Waals surface area contributed by atoms with Crippen LogP contribution in [-0.4, -0.2) is 15.7 Å². The molecule has 0 spiro atoms. The van der Waals surface area contributed by atoms with E-state index in [9.17, 15) is 0 Å². The average molecular weight is 696 g/mol. The van der Waals surface area contributed by atoms with Gasteiger partial charge in [-0.15, -0.1) is 0 Å². The molecule has 0 atom stereocenters. The second kappa shape index (κ2) is 13.1. The summed E-state index contributed by atoms with van der Waals surface area (Å²) in [6, 6.07) is 60.4. The highest BCUT2D eigenvalue weighted by atomic mass is 15.1. The third-order valence-corrected chi connectivity index (χ3v) is 11.1. The fourth-order valence-corrected chi connectivity index (χ4v) is 8.66. The maximum absolute atomic E-state index is 2.50. The second-order valence-corrected chi connectivity index (χ2v) is 14.7. The van der Waals surface area contributed by atoms with Gasteiger partial charge in [-0.3, -0.25) is 0 Å². The van der Waals surface area contributed by atoms with Gasteiger partial charge in [0.15, 0.2) is 0 Å². The molecule has 54 heavy (non-hydrogen) atoms. The first-order valence-corrected chi connectivity index (χ1v) is 19.1. The fourth-order valence-electron chi connectivity index (χ4n) is 8.66. The van der Waals surface area contributed by atoms with E-state index in [1.54, 1.807) is 0 Å². The first kappa shape index (κ1) is 32.1. The highest BCUT2D eigenvalue weighted by Crippen LogP contribution is 2.39. The lowest BCUT2D eigenvalue weighted by Crippen LogP contribution is -2.18. The molecular weight excluding hydrogens is 655 g/mol. The zero-order chi connectivity index (χ0) is 36.2. The number of nitrogens with zero attached hydrogens (tertiary/aromatic N) is 3. The maximum Gasteiger partial charge on any atom is 0.0541 e. The Morgan fingerprint density at radius 2 is 1.04 bits per heavy atom. The number of hydrogen-bond donors (Lipinski definition) is 0. The molecule has 0 saturated carbocycles. The summed E-state index contributed by atoms with van der Waals surface area (Å²) < 4.78 is 4.88. The van der Waals surface area contributed by atoms with E-state index in [1.807, 2.05) is 0 Å². The molecule has 0 bridgehead atoms. The molecule has 3 heteroatoms. The summed E-state index contributed by atoms with van der Waals surface area (Å²) in [4.78, 5) is 2.42. The summed E-state index contributed by atoms with van der Waals surface area (Å²) >= 11 is 0. The smallest absolute Gasteiger partial charge is 0.0541 e. The van der Waals surface area contributed by atoms with Crippen LogP contribution < -0.4 is 4.90 Å². The first-order valence-electron chi connectivity index (χ1n) is 19.1. The quantitative estimate of drug-likeness (QED) is 0.175. The predicted molar refractivity (Wildman–Crippen MR) is 230 cm³/mol. The Bertz CT molecular complexity index is 2900.